The molecule has 0 aliphatic heterocycles. The summed E-state index contributed by atoms with van der Waals surface area (Å²) in [5.74, 6) is 0.212. The summed E-state index contributed by atoms with van der Waals surface area (Å²) in [5, 5.41) is 10.2. The standard InChI is InChI=1S/C26H20N6O/c33-26(32-25-10-9-21(17-29-25)30-20-11-14-27-15-12-20)18-5-7-19(8-6-18)31-24-13-16-28-23-4-2-1-3-22(23)24/h1-17H,(H,27,30)(H,28,31)(H,29,32,33)/i1D. The molecule has 3 N–H and O–H groups in total. The van der Waals surface area contributed by atoms with Gasteiger partial charge in [0, 0.05) is 46.6 Å². The Morgan fingerprint density at radius 1 is 0.758 bits per heavy atom. The molecule has 0 fully saturated rings. The largest absolute Gasteiger partial charge is 0.355 e. The zero-order valence-electron chi connectivity index (χ0n) is 18.5. The SMILES string of the molecule is [2H]c1ccc2nccc(Nc3ccc(C(=O)Nc4ccc(Nc5ccncc5)cn4)cc3)c2c1. The number of carbonyl (C=O) groups excluding carboxylic acids is 1. The fourth-order valence-electron chi connectivity index (χ4n) is 3.33. The second-order valence-corrected chi connectivity index (χ2v) is 7.25. The van der Waals surface area contributed by atoms with Gasteiger partial charge < -0.3 is 16.0 Å². The Labute approximate surface area is 192 Å². The summed E-state index contributed by atoms with van der Waals surface area (Å²) in [6, 6.07) is 22.1. The van der Waals surface area contributed by atoms with Crippen molar-refractivity contribution in [3.05, 3.63) is 109 Å². The van der Waals surface area contributed by atoms with Crippen molar-refractivity contribution in [1.82, 2.24) is 15.0 Å². The van der Waals surface area contributed by atoms with Crippen LogP contribution in [-0.2, 0) is 0 Å². The van der Waals surface area contributed by atoms with Crippen molar-refractivity contribution in [1.29, 1.82) is 0 Å². The van der Waals surface area contributed by atoms with Crippen molar-refractivity contribution in [2.45, 2.75) is 0 Å². The third kappa shape index (κ3) is 4.77. The maximum Gasteiger partial charge on any atom is 0.256 e. The quantitative estimate of drug-likeness (QED) is 0.315. The minimum atomic E-state index is -0.248. The number of nitrogens with one attached hydrogen (secondary N) is 3. The zero-order chi connectivity index (χ0) is 23.3. The lowest BCUT2D eigenvalue weighted by atomic mass is 10.1. The molecule has 0 aliphatic carbocycles. The molecule has 5 aromatic rings. The summed E-state index contributed by atoms with van der Waals surface area (Å²) < 4.78 is 7.87. The number of aromatic nitrogens is 3. The van der Waals surface area contributed by atoms with Crippen LogP contribution >= 0.6 is 0 Å². The number of nitrogens with zero attached hydrogens (tertiary/aromatic N) is 3. The summed E-state index contributed by atoms with van der Waals surface area (Å²) >= 11 is 0. The predicted molar refractivity (Wildman–Crippen MR) is 131 cm³/mol. The maximum atomic E-state index is 12.6. The monoisotopic (exact) mass is 433 g/mol. The minimum Gasteiger partial charge on any atom is -0.355 e. The molecule has 0 saturated carbocycles. The molecule has 0 aliphatic rings. The number of hydrogen-bond donors (Lipinski definition) is 3. The summed E-state index contributed by atoms with van der Waals surface area (Å²) in [4.78, 5) is 25.3. The molecule has 1 amide bonds. The van der Waals surface area contributed by atoms with Crippen LogP contribution in [0.2, 0.25) is 0 Å². The molecule has 5 rings (SSSR count). The van der Waals surface area contributed by atoms with E-state index in [-0.39, 0.29) is 5.91 Å². The second-order valence-electron chi connectivity index (χ2n) is 7.25. The highest BCUT2D eigenvalue weighted by Crippen LogP contribution is 2.25. The van der Waals surface area contributed by atoms with Gasteiger partial charge in [0.25, 0.3) is 5.91 Å². The lowest BCUT2D eigenvalue weighted by Crippen LogP contribution is -2.12. The molecule has 3 heterocycles. The molecule has 0 unspecified atom stereocenters. The van der Waals surface area contributed by atoms with Gasteiger partial charge in [-0.05, 0) is 60.7 Å². The first kappa shape index (κ1) is 18.9. The molecule has 3 aromatic heterocycles. The van der Waals surface area contributed by atoms with E-state index in [1.165, 1.54) is 0 Å². The van der Waals surface area contributed by atoms with Gasteiger partial charge in [-0.3, -0.25) is 14.8 Å². The predicted octanol–water partition coefficient (Wildman–Crippen LogP) is 5.76. The Bertz CT molecular complexity index is 1440. The van der Waals surface area contributed by atoms with E-state index in [9.17, 15) is 4.79 Å². The zero-order valence-corrected chi connectivity index (χ0v) is 17.5. The van der Waals surface area contributed by atoms with Crippen molar-refractivity contribution < 1.29 is 6.17 Å². The number of rotatable bonds is 6. The maximum absolute atomic E-state index is 12.6. The molecule has 7 nitrogen and oxygen atoms in total. The first-order valence-electron chi connectivity index (χ1n) is 10.8. The Hall–Kier alpha value is -4.78. The summed E-state index contributed by atoms with van der Waals surface area (Å²) in [5.41, 5.74) is 4.71. The third-order valence-corrected chi connectivity index (χ3v) is 4.99. The van der Waals surface area contributed by atoms with Gasteiger partial charge in [0.15, 0.2) is 0 Å². The van der Waals surface area contributed by atoms with Gasteiger partial charge >= 0.3 is 0 Å². The lowest BCUT2D eigenvalue weighted by Gasteiger charge is -2.10. The molecule has 0 radical (unpaired) electrons. The highest BCUT2D eigenvalue weighted by atomic mass is 16.1. The first-order valence-corrected chi connectivity index (χ1v) is 10.3. The molecule has 33 heavy (non-hydrogen) atoms. The third-order valence-electron chi connectivity index (χ3n) is 4.99. The Morgan fingerprint density at radius 2 is 1.55 bits per heavy atom. The molecule has 2 aromatic carbocycles. The highest BCUT2D eigenvalue weighted by Gasteiger charge is 2.08. The van der Waals surface area contributed by atoms with E-state index in [0.717, 1.165) is 33.7 Å². The number of hydrogen-bond acceptors (Lipinski definition) is 6. The first-order chi connectivity index (χ1) is 16.6. The van der Waals surface area contributed by atoms with Crippen LogP contribution in [0.25, 0.3) is 10.9 Å². The topological polar surface area (TPSA) is 91.8 Å². The van der Waals surface area contributed by atoms with Crippen LogP contribution in [0.15, 0.2) is 104 Å². The molecular formula is C26H20N6O. The van der Waals surface area contributed by atoms with Crippen LogP contribution in [0.4, 0.5) is 28.6 Å². The van der Waals surface area contributed by atoms with E-state index in [0.29, 0.717) is 17.4 Å². The fraction of sp³-hybridized carbons (Fsp3) is 0. The number of benzene rings is 2. The average molecular weight is 433 g/mol. The van der Waals surface area contributed by atoms with E-state index in [4.69, 9.17) is 1.37 Å². The van der Waals surface area contributed by atoms with Gasteiger partial charge in [-0.1, -0.05) is 18.2 Å². The van der Waals surface area contributed by atoms with Crippen molar-refractivity contribution in [3.63, 3.8) is 0 Å². The van der Waals surface area contributed by atoms with Gasteiger partial charge in [0.05, 0.1) is 18.8 Å². The molecule has 160 valence electrons. The smallest absolute Gasteiger partial charge is 0.256 e. The van der Waals surface area contributed by atoms with Crippen LogP contribution in [0, 0.1) is 0 Å². The summed E-state index contributed by atoms with van der Waals surface area (Å²) in [7, 11) is 0. The summed E-state index contributed by atoms with van der Waals surface area (Å²) in [6.07, 6.45) is 6.79. The number of amides is 1. The van der Waals surface area contributed by atoms with Gasteiger partial charge in [0.2, 0.25) is 0 Å². The fourth-order valence-corrected chi connectivity index (χ4v) is 3.33. The molecule has 0 spiro atoms. The molecular weight excluding hydrogens is 412 g/mol. The molecule has 0 atom stereocenters. The normalized spacial score (nSPS) is 11.0. The van der Waals surface area contributed by atoms with Gasteiger partial charge in [-0.25, -0.2) is 4.98 Å². The average Bonchev–Trinajstić information content (AvgIpc) is 2.87. The van der Waals surface area contributed by atoms with Crippen LogP contribution < -0.4 is 16.0 Å². The van der Waals surface area contributed by atoms with Crippen molar-refractivity contribution >= 4 is 45.4 Å². The van der Waals surface area contributed by atoms with Crippen LogP contribution in [0.1, 0.15) is 11.7 Å². The molecule has 7 heteroatoms. The number of anilines is 5. The van der Waals surface area contributed by atoms with Gasteiger partial charge in [-0.15, -0.1) is 0 Å². The number of pyridine rings is 3. The Balaban J connectivity index is 1.24. The van der Waals surface area contributed by atoms with E-state index >= 15 is 0 Å². The van der Waals surface area contributed by atoms with Crippen LogP contribution in [-0.4, -0.2) is 20.9 Å². The van der Waals surface area contributed by atoms with E-state index in [2.05, 4.69) is 30.9 Å². The Kier molecular flexibility index (Phi) is 5.25. The second kappa shape index (κ2) is 9.15. The van der Waals surface area contributed by atoms with Crippen LogP contribution in [0.5, 0.6) is 0 Å². The number of fused-ring (bicyclic) bond motifs is 1. The summed E-state index contributed by atoms with van der Waals surface area (Å²) in [6.45, 7) is 0. The van der Waals surface area contributed by atoms with E-state index in [1.54, 1.807) is 55.1 Å². The van der Waals surface area contributed by atoms with Crippen molar-refractivity contribution in [3.8, 4) is 0 Å². The number of carbonyl (C=O) groups is 1. The van der Waals surface area contributed by atoms with Gasteiger partial charge in [0.1, 0.15) is 5.82 Å². The Morgan fingerprint density at radius 3 is 2.33 bits per heavy atom. The molecule has 0 bridgehead atoms. The van der Waals surface area contributed by atoms with Crippen molar-refractivity contribution in [2.75, 3.05) is 16.0 Å². The number of para-hydroxylation sites is 1. The van der Waals surface area contributed by atoms with Crippen LogP contribution in [0.3, 0.4) is 0 Å². The van der Waals surface area contributed by atoms with E-state index in [1.807, 2.05) is 42.5 Å². The lowest BCUT2D eigenvalue weighted by molar-refractivity contribution is 0.102. The molecule has 0 saturated heterocycles. The van der Waals surface area contributed by atoms with Gasteiger partial charge in [-0.2, -0.15) is 0 Å². The minimum absolute atomic E-state index is 0.248. The highest BCUT2D eigenvalue weighted by molar-refractivity contribution is 6.04. The van der Waals surface area contributed by atoms with E-state index < -0.39 is 0 Å². The van der Waals surface area contributed by atoms with Crippen molar-refractivity contribution in [2.24, 2.45) is 0 Å².